The fourth-order valence-electron chi connectivity index (χ4n) is 4.35. The molecule has 6 nitrogen and oxygen atoms in total. The van der Waals surface area contributed by atoms with Gasteiger partial charge in [-0.2, -0.15) is 20.6 Å². The van der Waals surface area contributed by atoms with Crippen LogP contribution in [0.2, 0.25) is 0 Å². The molecule has 0 N–H and O–H groups in total. The Morgan fingerprint density at radius 2 is 0.692 bits per heavy atom. The van der Waals surface area contributed by atoms with Gasteiger partial charge in [0.25, 0.3) is 0 Å². The third kappa shape index (κ3) is 24.0. The van der Waals surface area contributed by atoms with E-state index in [2.05, 4.69) is 221 Å². The van der Waals surface area contributed by atoms with E-state index in [1.165, 1.54) is 76.8 Å². The van der Waals surface area contributed by atoms with Gasteiger partial charge in [0, 0.05) is 24.8 Å². The minimum atomic E-state index is 0. The van der Waals surface area contributed by atoms with Crippen LogP contribution in [-0.4, -0.2) is 113 Å². The number of hydrogen-bond donors (Lipinski definition) is 0. The van der Waals surface area contributed by atoms with Crippen LogP contribution < -0.4 is 0 Å². The Balaban J connectivity index is 0.000000278. The van der Waals surface area contributed by atoms with E-state index in [1.54, 1.807) is 30.4 Å². The number of benzene rings is 2. The molecule has 0 fully saturated rings. The SMILES string of the molecule is IC1=C(I)SC(=C2[Se]C3=C(SCCS3)[Se]2)S1.IC1=C(I)SC(=C2[Se]C3=C(SCCS3)[Se]2)S1.[Cr+4].[N-]=C=S.[N-]=C=S.[N-]=C=S.[N-]=C=S.c1ccc2cnccc2c1.c1ccc2cnccc2c1. The van der Waals surface area contributed by atoms with Crippen LogP contribution in [0.4, 0.5) is 0 Å². The smallest absolute Gasteiger partial charge is 0.753 e. The Labute approximate surface area is 525 Å². The Morgan fingerprint density at radius 3 is 0.938 bits per heavy atom. The molecule has 65 heavy (non-hydrogen) atoms. The molecule has 27 heteroatoms. The van der Waals surface area contributed by atoms with Crippen LogP contribution in [0, 0.1) is 0 Å². The minimum absolute atomic E-state index is 0. The van der Waals surface area contributed by atoms with Crippen molar-refractivity contribution in [2.24, 2.45) is 0 Å². The summed E-state index contributed by atoms with van der Waals surface area (Å²) in [5.41, 5.74) is 0. The summed E-state index contributed by atoms with van der Waals surface area (Å²) in [6, 6.07) is 20.4. The summed E-state index contributed by atoms with van der Waals surface area (Å²) in [4.78, 5) is 8.03. The third-order valence-corrected chi connectivity index (χ3v) is 43.3. The number of nitrogens with zero attached hydrogens (tertiary/aromatic N) is 6. The number of pyridine rings is 2. The fraction of sp³-hybridized carbons (Fsp3) is 0.105. The Hall–Kier alpha value is 3.23. The van der Waals surface area contributed by atoms with Crippen molar-refractivity contribution < 1.29 is 17.4 Å². The maximum atomic E-state index is 7.13. The summed E-state index contributed by atoms with van der Waals surface area (Å²) in [5.74, 6) is 5.32. The average Bonchev–Trinajstić information content (AvgIpc) is 4.11. The maximum Gasteiger partial charge on any atom is 4.00 e. The third-order valence-electron chi connectivity index (χ3n) is 6.65. The molecule has 4 aromatic rings. The molecule has 0 aliphatic carbocycles. The maximum absolute atomic E-state index is 7.13. The van der Waals surface area contributed by atoms with Gasteiger partial charge >= 0.3 is 327 Å². The quantitative estimate of drug-likeness (QED) is 0.0720. The summed E-state index contributed by atoms with van der Waals surface area (Å²) in [7, 11) is 0. The van der Waals surface area contributed by atoms with Crippen LogP contribution in [0.5, 0.6) is 0 Å². The summed E-state index contributed by atoms with van der Waals surface area (Å²) >= 11 is 43.9. The van der Waals surface area contributed by atoms with Crippen LogP contribution in [0.25, 0.3) is 43.2 Å². The number of thiocarbonyl (C=S) groups is 4. The largest absolute Gasteiger partial charge is 4.00 e. The molecule has 2 aromatic heterocycles. The van der Waals surface area contributed by atoms with Gasteiger partial charge in [0.05, 0.1) is 0 Å². The van der Waals surface area contributed by atoms with Gasteiger partial charge in [0.15, 0.2) is 0 Å². The molecule has 0 radical (unpaired) electrons. The number of rotatable bonds is 0. The van der Waals surface area contributed by atoms with Gasteiger partial charge in [-0.25, -0.2) is 0 Å². The number of thioether (sulfide) groups is 8. The van der Waals surface area contributed by atoms with E-state index in [-0.39, 0.29) is 17.4 Å². The summed E-state index contributed by atoms with van der Waals surface area (Å²) in [6.07, 6.45) is 7.36. The topological polar surface area (TPSA) is 115 Å². The standard InChI is InChI=1S/2C9H7N.2C8H4I2S4Se2.4CNS.Cr/c2*1-2-4-9-7-10-6-5-8(9)3-1;2*9-3-4(10)14-5(13-3)8-15-6-7(16-8)12-2-1-11-6;4*2-1-3;/h2*1-7H;2*1-2H2;;;;;/q;;;;4*-1;+4. The average molecular weight is 1820 g/mol. The molecule has 0 spiro atoms. The van der Waals surface area contributed by atoms with E-state index in [1.807, 2.05) is 108 Å². The summed E-state index contributed by atoms with van der Waals surface area (Å²) in [6.45, 7) is 0. The predicted molar refractivity (Wildman–Crippen MR) is 349 cm³/mol. The van der Waals surface area contributed by atoms with Gasteiger partial charge in [0.1, 0.15) is 0 Å². The molecule has 6 aliphatic heterocycles. The number of hydrogen-bond acceptors (Lipinski definition) is 14. The first kappa shape index (κ1) is 64.3. The first-order valence-electron chi connectivity index (χ1n) is 16.7. The Bertz CT molecular complexity index is 2210. The second-order valence-electron chi connectivity index (χ2n) is 10.4. The van der Waals surface area contributed by atoms with E-state index >= 15 is 0 Å². The van der Waals surface area contributed by atoms with Gasteiger partial charge < -0.3 is 21.6 Å². The molecule has 10 rings (SSSR count). The minimum Gasteiger partial charge on any atom is -0.753 e. The van der Waals surface area contributed by atoms with Crippen LogP contribution in [0.3, 0.4) is 0 Å². The Morgan fingerprint density at radius 1 is 0.446 bits per heavy atom. The molecular formula is C38H22CrI4N6S12Se4. The first-order valence-corrected chi connectivity index (χ1v) is 36.7. The van der Waals surface area contributed by atoms with Crippen LogP contribution in [0.1, 0.15) is 0 Å². The zero-order valence-electron chi connectivity index (χ0n) is 32.0. The van der Waals surface area contributed by atoms with E-state index in [4.69, 9.17) is 21.6 Å². The van der Waals surface area contributed by atoms with Crippen molar-refractivity contribution in [3.8, 4) is 0 Å². The fourth-order valence-corrected chi connectivity index (χ4v) is 40.0. The number of fused-ring (bicyclic) bond motifs is 2. The van der Waals surface area contributed by atoms with Gasteiger partial charge in [-0.15, -0.1) is 0 Å². The molecule has 0 saturated carbocycles. The Kier molecular flexibility index (Phi) is 38.4. The van der Waals surface area contributed by atoms with Crippen molar-refractivity contribution in [3.63, 3.8) is 0 Å². The molecule has 0 amide bonds. The van der Waals surface area contributed by atoms with E-state index in [0.717, 1.165) is 0 Å². The zero-order valence-corrected chi connectivity index (χ0v) is 58.6. The molecule has 0 atom stereocenters. The van der Waals surface area contributed by atoms with Crippen molar-refractivity contribution in [1.82, 2.24) is 9.97 Å². The van der Waals surface area contributed by atoms with Crippen LogP contribution >= 0.6 is 233 Å². The molecule has 0 saturated heterocycles. The van der Waals surface area contributed by atoms with E-state index < -0.39 is 0 Å². The normalized spacial score (nSPS) is 16.3. The first-order chi connectivity index (χ1) is 31.1. The molecule has 0 bridgehead atoms. The molecule has 8 heterocycles. The van der Waals surface area contributed by atoms with Crippen molar-refractivity contribution >= 4 is 335 Å². The summed E-state index contributed by atoms with van der Waals surface area (Å²) < 4.78 is 19.7. The number of halogens is 4. The number of isothiocyanates is 4. The predicted octanol–water partition coefficient (Wildman–Crippen LogP) is 16.3. The van der Waals surface area contributed by atoms with Crippen molar-refractivity contribution in [2.75, 3.05) is 23.0 Å². The second kappa shape index (κ2) is 38.8. The van der Waals surface area contributed by atoms with Crippen molar-refractivity contribution in [2.45, 2.75) is 0 Å². The summed E-state index contributed by atoms with van der Waals surface area (Å²) in [5, 5.41) is 38.8. The van der Waals surface area contributed by atoms with Crippen molar-refractivity contribution in [1.29, 1.82) is 0 Å². The number of aromatic nitrogens is 2. The second-order valence-corrected chi connectivity index (χ2v) is 40.9. The van der Waals surface area contributed by atoms with E-state index in [9.17, 15) is 0 Å². The van der Waals surface area contributed by atoms with Crippen LogP contribution in [0.15, 0.2) is 128 Å². The molecule has 334 valence electrons. The molecular weight excluding hydrogens is 1800 g/mol. The molecule has 0 unspecified atom stereocenters. The van der Waals surface area contributed by atoms with Gasteiger partial charge in [0.2, 0.25) is 0 Å². The van der Waals surface area contributed by atoms with E-state index in [0.29, 0.717) is 59.8 Å². The monoisotopic (exact) mass is 1830 g/mol. The van der Waals surface area contributed by atoms with Crippen LogP contribution in [-0.2, 0) is 17.4 Å². The van der Waals surface area contributed by atoms with Gasteiger partial charge in [-0.1, -0.05) is 97.4 Å². The van der Waals surface area contributed by atoms with Crippen molar-refractivity contribution in [3.05, 3.63) is 149 Å². The zero-order chi connectivity index (χ0) is 46.7. The molecule has 2 aromatic carbocycles. The van der Waals surface area contributed by atoms with Gasteiger partial charge in [-0.05, 0) is 33.7 Å². The molecule has 6 aliphatic rings. The van der Waals surface area contributed by atoms with Gasteiger partial charge in [-0.3, -0.25) is 9.97 Å².